The molecule has 2 aliphatic rings. The van der Waals surface area contributed by atoms with Crippen molar-refractivity contribution in [3.8, 4) is 0 Å². The predicted octanol–water partition coefficient (Wildman–Crippen LogP) is 1.71. The van der Waals surface area contributed by atoms with Gasteiger partial charge in [-0.05, 0) is 27.2 Å². The van der Waals surface area contributed by atoms with Crippen molar-refractivity contribution in [1.82, 2.24) is 14.7 Å². The van der Waals surface area contributed by atoms with Crippen LogP contribution in [-0.4, -0.2) is 77.5 Å². The monoisotopic (exact) mass is 353 g/mol. The topological polar surface area (TPSA) is 70.2 Å². The van der Waals surface area contributed by atoms with E-state index in [0.717, 1.165) is 12.8 Å². The van der Waals surface area contributed by atoms with E-state index in [4.69, 9.17) is 4.74 Å². The highest BCUT2D eigenvalue weighted by Gasteiger charge is 2.41. The van der Waals surface area contributed by atoms with Crippen molar-refractivity contribution in [1.29, 1.82) is 0 Å². The normalized spacial score (nSPS) is 21.7. The highest BCUT2D eigenvalue weighted by atomic mass is 16.6. The van der Waals surface area contributed by atoms with Gasteiger partial charge in [-0.1, -0.05) is 13.3 Å². The lowest BCUT2D eigenvalue weighted by Gasteiger charge is -2.36. The second-order valence-electron chi connectivity index (χ2n) is 7.86. The summed E-state index contributed by atoms with van der Waals surface area (Å²) in [6.07, 6.45) is 1.84. The van der Waals surface area contributed by atoms with Gasteiger partial charge in [0.15, 0.2) is 0 Å². The zero-order chi connectivity index (χ0) is 18.6. The zero-order valence-electron chi connectivity index (χ0n) is 15.9. The molecule has 0 N–H and O–H groups in total. The Morgan fingerprint density at radius 2 is 1.72 bits per heavy atom. The van der Waals surface area contributed by atoms with E-state index in [-0.39, 0.29) is 35.8 Å². The number of ether oxygens (including phenoxy) is 1. The van der Waals surface area contributed by atoms with E-state index in [2.05, 4.69) is 0 Å². The lowest BCUT2D eigenvalue weighted by molar-refractivity contribution is -0.137. The van der Waals surface area contributed by atoms with Gasteiger partial charge in [-0.2, -0.15) is 0 Å². The third kappa shape index (κ3) is 4.86. The summed E-state index contributed by atoms with van der Waals surface area (Å²) in [4.78, 5) is 42.1. The van der Waals surface area contributed by atoms with Crippen LogP contribution in [0.15, 0.2) is 0 Å². The minimum absolute atomic E-state index is 0.0269. The highest BCUT2D eigenvalue weighted by Crippen LogP contribution is 2.27. The molecule has 25 heavy (non-hydrogen) atoms. The Balaban J connectivity index is 1.82. The molecule has 7 nitrogen and oxygen atoms in total. The number of carbonyl (C=O) groups is 3. The average molecular weight is 353 g/mol. The average Bonchev–Trinajstić information content (AvgIpc) is 2.96. The molecule has 1 atom stereocenters. The van der Waals surface area contributed by atoms with Crippen molar-refractivity contribution < 1.29 is 19.1 Å². The van der Waals surface area contributed by atoms with Gasteiger partial charge >= 0.3 is 6.09 Å². The fourth-order valence-electron chi connectivity index (χ4n) is 3.28. The Morgan fingerprint density at radius 1 is 1.12 bits per heavy atom. The third-order valence-electron chi connectivity index (χ3n) is 4.86. The molecule has 0 aliphatic carbocycles. The predicted molar refractivity (Wildman–Crippen MR) is 94.0 cm³/mol. The van der Waals surface area contributed by atoms with E-state index in [0.29, 0.717) is 39.3 Å². The first-order valence-corrected chi connectivity index (χ1v) is 9.25. The number of likely N-dealkylation sites (tertiary alicyclic amines) is 1. The maximum atomic E-state index is 12.7. The molecule has 0 saturated carbocycles. The summed E-state index contributed by atoms with van der Waals surface area (Å²) in [6.45, 7) is 10.9. The van der Waals surface area contributed by atoms with E-state index >= 15 is 0 Å². The van der Waals surface area contributed by atoms with Crippen LogP contribution in [0.4, 0.5) is 4.79 Å². The minimum Gasteiger partial charge on any atom is -0.449 e. The number of hydrogen-bond donors (Lipinski definition) is 0. The molecule has 0 aromatic heterocycles. The standard InChI is InChI=1S/C18H31N3O4/c1-5-6-11-25-17(24)20-9-7-19(8-10-20)16(23)14-12-15(22)21(13-14)18(2,3)4/h14H,5-13H2,1-4H3. The van der Waals surface area contributed by atoms with Gasteiger partial charge in [0.05, 0.1) is 12.5 Å². The summed E-state index contributed by atoms with van der Waals surface area (Å²) in [7, 11) is 0. The SMILES string of the molecule is CCCCOC(=O)N1CCN(C(=O)C2CC(=O)N(C(C)(C)C)C2)CC1. The molecule has 3 amide bonds. The summed E-state index contributed by atoms with van der Waals surface area (Å²) < 4.78 is 5.22. The minimum atomic E-state index is -0.296. The summed E-state index contributed by atoms with van der Waals surface area (Å²) in [5, 5.41) is 0. The largest absolute Gasteiger partial charge is 0.449 e. The molecule has 0 spiro atoms. The Morgan fingerprint density at radius 3 is 2.24 bits per heavy atom. The molecule has 0 aromatic rings. The van der Waals surface area contributed by atoms with Crippen LogP contribution in [0.2, 0.25) is 0 Å². The van der Waals surface area contributed by atoms with Gasteiger partial charge in [0, 0.05) is 44.7 Å². The maximum Gasteiger partial charge on any atom is 0.409 e. The Hall–Kier alpha value is -1.79. The van der Waals surface area contributed by atoms with Crippen LogP contribution in [0.25, 0.3) is 0 Å². The lowest BCUT2D eigenvalue weighted by atomic mass is 10.1. The van der Waals surface area contributed by atoms with Crippen LogP contribution in [0.3, 0.4) is 0 Å². The smallest absolute Gasteiger partial charge is 0.409 e. The third-order valence-corrected chi connectivity index (χ3v) is 4.86. The molecule has 2 fully saturated rings. The van der Waals surface area contributed by atoms with Gasteiger partial charge in [-0.25, -0.2) is 4.79 Å². The lowest BCUT2D eigenvalue weighted by Crippen LogP contribution is -2.52. The maximum absolute atomic E-state index is 12.7. The Bertz CT molecular complexity index is 507. The van der Waals surface area contributed by atoms with Gasteiger partial charge in [-0.15, -0.1) is 0 Å². The molecule has 1 unspecified atom stereocenters. The highest BCUT2D eigenvalue weighted by molar-refractivity contribution is 5.89. The fraction of sp³-hybridized carbons (Fsp3) is 0.833. The first-order chi connectivity index (χ1) is 11.7. The van der Waals surface area contributed by atoms with E-state index in [1.807, 2.05) is 27.7 Å². The molecule has 0 bridgehead atoms. The molecule has 2 aliphatic heterocycles. The second kappa shape index (κ2) is 8.06. The molecule has 2 saturated heterocycles. The van der Waals surface area contributed by atoms with E-state index in [1.165, 1.54) is 0 Å². The van der Waals surface area contributed by atoms with Crippen molar-refractivity contribution >= 4 is 17.9 Å². The number of unbranched alkanes of at least 4 members (excludes halogenated alkanes) is 1. The van der Waals surface area contributed by atoms with Gasteiger partial charge in [0.1, 0.15) is 0 Å². The van der Waals surface area contributed by atoms with E-state index in [1.54, 1.807) is 14.7 Å². The number of piperazine rings is 1. The number of amides is 3. The van der Waals surface area contributed by atoms with E-state index < -0.39 is 0 Å². The van der Waals surface area contributed by atoms with Crippen LogP contribution < -0.4 is 0 Å². The van der Waals surface area contributed by atoms with Crippen LogP contribution in [0, 0.1) is 5.92 Å². The number of hydrogen-bond acceptors (Lipinski definition) is 4. The molecule has 2 heterocycles. The second-order valence-corrected chi connectivity index (χ2v) is 7.86. The van der Waals surface area contributed by atoms with Crippen molar-refractivity contribution in [3.05, 3.63) is 0 Å². The molecule has 7 heteroatoms. The number of carbonyl (C=O) groups excluding carboxylic acids is 3. The quantitative estimate of drug-likeness (QED) is 0.722. The first kappa shape index (κ1) is 19.5. The fourth-order valence-corrected chi connectivity index (χ4v) is 3.28. The van der Waals surface area contributed by atoms with E-state index in [9.17, 15) is 14.4 Å². The number of nitrogens with zero attached hydrogens (tertiary/aromatic N) is 3. The first-order valence-electron chi connectivity index (χ1n) is 9.25. The Kier molecular flexibility index (Phi) is 6.30. The van der Waals surface area contributed by atoms with Gasteiger partial charge < -0.3 is 19.4 Å². The van der Waals surface area contributed by atoms with Crippen molar-refractivity contribution in [2.75, 3.05) is 39.3 Å². The molecular weight excluding hydrogens is 322 g/mol. The Labute approximate surface area is 150 Å². The molecule has 142 valence electrons. The number of rotatable bonds is 4. The molecule has 0 aromatic carbocycles. The molecule has 2 rings (SSSR count). The van der Waals surface area contributed by atoms with Crippen molar-refractivity contribution in [2.24, 2.45) is 5.92 Å². The summed E-state index contributed by atoms with van der Waals surface area (Å²) in [5.41, 5.74) is -0.257. The van der Waals surface area contributed by atoms with Gasteiger partial charge in [-0.3, -0.25) is 9.59 Å². The van der Waals surface area contributed by atoms with Crippen LogP contribution in [0.5, 0.6) is 0 Å². The summed E-state index contributed by atoms with van der Waals surface area (Å²) in [5.74, 6) is -0.196. The van der Waals surface area contributed by atoms with Crippen molar-refractivity contribution in [2.45, 2.75) is 52.5 Å². The van der Waals surface area contributed by atoms with Crippen LogP contribution >= 0.6 is 0 Å². The van der Waals surface area contributed by atoms with Crippen molar-refractivity contribution in [3.63, 3.8) is 0 Å². The summed E-state index contributed by atoms with van der Waals surface area (Å²) in [6, 6.07) is 0. The van der Waals surface area contributed by atoms with Gasteiger partial charge in [0.25, 0.3) is 0 Å². The zero-order valence-corrected chi connectivity index (χ0v) is 15.9. The van der Waals surface area contributed by atoms with Crippen LogP contribution in [-0.2, 0) is 14.3 Å². The van der Waals surface area contributed by atoms with Gasteiger partial charge in [0.2, 0.25) is 11.8 Å². The molecule has 0 radical (unpaired) electrons. The van der Waals surface area contributed by atoms with Crippen LogP contribution in [0.1, 0.15) is 47.0 Å². The molecular formula is C18H31N3O4. The summed E-state index contributed by atoms with van der Waals surface area (Å²) >= 11 is 0.